The summed E-state index contributed by atoms with van der Waals surface area (Å²) in [6, 6.07) is 56.0. The Morgan fingerprint density at radius 2 is 1.25 bits per heavy atom. The van der Waals surface area contributed by atoms with Crippen molar-refractivity contribution in [2.24, 2.45) is 4.99 Å². The van der Waals surface area contributed by atoms with E-state index in [1.54, 1.807) is 11.3 Å². The summed E-state index contributed by atoms with van der Waals surface area (Å²) in [7, 11) is 0. The van der Waals surface area contributed by atoms with Crippen LogP contribution >= 0.6 is 11.3 Å². The number of nitrogens with zero attached hydrogens (tertiary/aromatic N) is 3. The van der Waals surface area contributed by atoms with Gasteiger partial charge >= 0.3 is 0 Å². The number of hydrogen-bond acceptors (Lipinski definition) is 4. The van der Waals surface area contributed by atoms with E-state index in [9.17, 15) is 0 Å². The van der Waals surface area contributed by atoms with Crippen molar-refractivity contribution in [3.8, 4) is 21.7 Å². The maximum Gasteiger partial charge on any atom is 0.201 e. The number of para-hydroxylation sites is 2. The number of nitrogens with one attached hydrogen (secondary N) is 1. The smallest absolute Gasteiger partial charge is 0.201 e. The predicted molar refractivity (Wildman–Crippen MR) is 202 cm³/mol. The first kappa shape index (κ1) is 27.1. The van der Waals surface area contributed by atoms with Crippen molar-refractivity contribution in [2.75, 3.05) is 5.32 Å². The van der Waals surface area contributed by atoms with Crippen molar-refractivity contribution in [1.82, 2.24) is 9.55 Å². The molecule has 10 rings (SSSR count). The van der Waals surface area contributed by atoms with Crippen molar-refractivity contribution in [1.29, 1.82) is 0 Å². The van der Waals surface area contributed by atoms with Crippen molar-refractivity contribution in [2.45, 2.75) is 6.29 Å². The van der Waals surface area contributed by atoms with Gasteiger partial charge in [-0.05, 0) is 46.2 Å². The van der Waals surface area contributed by atoms with Crippen molar-refractivity contribution in [3.05, 3.63) is 169 Å². The van der Waals surface area contributed by atoms with Gasteiger partial charge in [0.2, 0.25) is 6.29 Å². The Labute approximate surface area is 281 Å². The first-order chi connectivity index (χ1) is 23.8. The molecule has 0 saturated heterocycles. The van der Waals surface area contributed by atoms with Crippen LogP contribution in [0, 0.1) is 0 Å². The van der Waals surface area contributed by atoms with Gasteiger partial charge in [-0.3, -0.25) is 4.57 Å². The van der Waals surface area contributed by atoms with Gasteiger partial charge in [-0.2, -0.15) is 0 Å². The molecule has 226 valence electrons. The van der Waals surface area contributed by atoms with Crippen molar-refractivity contribution >= 4 is 65.5 Å². The van der Waals surface area contributed by atoms with Crippen LogP contribution in [0.3, 0.4) is 0 Å². The summed E-state index contributed by atoms with van der Waals surface area (Å²) in [6.45, 7) is 0. The van der Waals surface area contributed by atoms with Gasteiger partial charge in [0.05, 0.1) is 27.0 Å². The van der Waals surface area contributed by atoms with E-state index in [0.29, 0.717) is 0 Å². The van der Waals surface area contributed by atoms with E-state index in [-0.39, 0.29) is 6.29 Å². The minimum atomic E-state index is -0.358. The summed E-state index contributed by atoms with van der Waals surface area (Å²) in [5.74, 6) is 0. The quantitative estimate of drug-likeness (QED) is 0.210. The van der Waals surface area contributed by atoms with Crippen LogP contribution in [0.2, 0.25) is 0 Å². The summed E-state index contributed by atoms with van der Waals surface area (Å²) in [4.78, 5) is 10.6. The van der Waals surface area contributed by atoms with E-state index in [2.05, 4.69) is 162 Å². The van der Waals surface area contributed by atoms with Gasteiger partial charge in [0.25, 0.3) is 0 Å². The predicted octanol–water partition coefficient (Wildman–Crippen LogP) is 11.3. The zero-order chi connectivity index (χ0) is 31.6. The van der Waals surface area contributed by atoms with E-state index in [1.165, 1.54) is 37.4 Å². The van der Waals surface area contributed by atoms with E-state index in [0.717, 1.165) is 49.6 Å². The summed E-state index contributed by atoms with van der Waals surface area (Å²) < 4.78 is 3.54. The second-order valence-electron chi connectivity index (χ2n) is 12.2. The molecular formula is C43H28N4S. The molecule has 5 heteroatoms. The minimum Gasteiger partial charge on any atom is -0.346 e. The minimum absolute atomic E-state index is 0.358. The molecule has 0 fully saturated rings. The highest BCUT2D eigenvalue weighted by atomic mass is 32.1. The number of hydrogen-bond donors (Lipinski definition) is 1. The molecule has 1 N–H and O–H groups in total. The first-order valence-electron chi connectivity index (χ1n) is 16.2. The van der Waals surface area contributed by atoms with Gasteiger partial charge in [0.15, 0.2) is 0 Å². The molecule has 0 aliphatic carbocycles. The molecule has 1 atom stereocenters. The fourth-order valence-corrected chi connectivity index (χ4v) is 8.36. The van der Waals surface area contributed by atoms with Gasteiger partial charge in [0.1, 0.15) is 5.01 Å². The molecule has 0 saturated carbocycles. The molecule has 1 aliphatic heterocycles. The highest BCUT2D eigenvalue weighted by molar-refractivity contribution is 7.22. The molecule has 0 spiro atoms. The molecule has 1 aliphatic rings. The zero-order valence-electron chi connectivity index (χ0n) is 25.8. The van der Waals surface area contributed by atoms with Crippen molar-refractivity contribution < 1.29 is 0 Å². The monoisotopic (exact) mass is 632 g/mol. The van der Waals surface area contributed by atoms with Gasteiger partial charge in [0, 0.05) is 33.2 Å². The average molecular weight is 633 g/mol. The Hall–Kier alpha value is -6.04. The van der Waals surface area contributed by atoms with E-state index in [1.807, 2.05) is 6.07 Å². The van der Waals surface area contributed by atoms with Crippen LogP contribution in [0.5, 0.6) is 0 Å². The highest BCUT2D eigenvalue weighted by Gasteiger charge is 2.27. The van der Waals surface area contributed by atoms with Crippen LogP contribution in [0.4, 0.5) is 5.69 Å². The third-order valence-corrected chi connectivity index (χ3v) is 10.6. The van der Waals surface area contributed by atoms with Crippen LogP contribution in [0.15, 0.2) is 163 Å². The van der Waals surface area contributed by atoms with Crippen LogP contribution < -0.4 is 5.32 Å². The molecule has 0 bridgehead atoms. The summed E-state index contributed by atoms with van der Waals surface area (Å²) in [6.07, 6.45) is -0.358. The van der Waals surface area contributed by atoms with Gasteiger partial charge in [-0.1, -0.05) is 133 Å². The summed E-state index contributed by atoms with van der Waals surface area (Å²) >= 11 is 1.75. The molecule has 9 aromatic rings. The third kappa shape index (κ3) is 4.21. The number of rotatable bonds is 4. The number of thiazole rings is 1. The fraction of sp³-hybridized carbons (Fsp3) is 0.0233. The topological polar surface area (TPSA) is 42.2 Å². The summed E-state index contributed by atoms with van der Waals surface area (Å²) in [5.41, 5.74) is 11.1. The molecule has 0 amide bonds. The lowest BCUT2D eigenvalue weighted by molar-refractivity contribution is 0.626. The molecule has 7 aromatic carbocycles. The molecule has 4 nitrogen and oxygen atoms in total. The number of anilines is 1. The Kier molecular flexibility index (Phi) is 6.08. The lowest BCUT2D eigenvalue weighted by atomic mass is 9.94. The van der Waals surface area contributed by atoms with Crippen LogP contribution in [0.1, 0.15) is 17.4 Å². The Morgan fingerprint density at radius 1 is 0.542 bits per heavy atom. The maximum absolute atomic E-state index is 5.51. The molecule has 48 heavy (non-hydrogen) atoms. The SMILES string of the molecule is c1ccc(-c2nc3ccc4c5ccccc5n(C5N=C(c6ccc(-c7cccc8ccccc78)cc6)c6ccccc6N5)c4c3s2)cc1. The standard InChI is InChI=1S/C43H28N4S/c1-2-12-30(13-3-1)42-44-37-26-25-34-33-16-7-9-20-38(33)47(40(34)41(37)48-42)43-45-36-19-8-6-17-35(36)39(46-43)29-23-21-28(22-24-29)32-18-10-14-27-11-4-5-15-31(27)32/h1-26,43,45H. The number of aliphatic imine (C=N–C) groups is 1. The van der Waals surface area contributed by atoms with Crippen molar-refractivity contribution in [3.63, 3.8) is 0 Å². The molecule has 0 radical (unpaired) electrons. The highest BCUT2D eigenvalue weighted by Crippen LogP contribution is 2.42. The fourth-order valence-electron chi connectivity index (χ4n) is 7.24. The largest absolute Gasteiger partial charge is 0.346 e. The molecular weight excluding hydrogens is 605 g/mol. The lowest BCUT2D eigenvalue weighted by Crippen LogP contribution is -2.24. The van der Waals surface area contributed by atoms with Crippen LogP contribution in [-0.4, -0.2) is 15.3 Å². The molecule has 1 unspecified atom stereocenters. The lowest BCUT2D eigenvalue weighted by Gasteiger charge is -2.28. The normalized spacial score (nSPS) is 14.3. The second kappa shape index (κ2) is 10.8. The Morgan fingerprint density at radius 3 is 2.15 bits per heavy atom. The van der Waals surface area contributed by atoms with Crippen LogP contribution in [0.25, 0.3) is 64.5 Å². The zero-order valence-corrected chi connectivity index (χ0v) is 26.7. The van der Waals surface area contributed by atoms with Crippen LogP contribution in [-0.2, 0) is 0 Å². The third-order valence-electron chi connectivity index (χ3n) is 9.47. The second-order valence-corrected chi connectivity index (χ2v) is 13.2. The number of benzene rings is 7. The van der Waals surface area contributed by atoms with Gasteiger partial charge in [-0.15, -0.1) is 11.3 Å². The maximum atomic E-state index is 5.51. The Bertz CT molecular complexity index is 2700. The molecule has 2 aromatic heterocycles. The van der Waals surface area contributed by atoms with Gasteiger partial charge in [-0.25, -0.2) is 9.98 Å². The average Bonchev–Trinajstić information content (AvgIpc) is 3.74. The van der Waals surface area contributed by atoms with E-state index < -0.39 is 0 Å². The molecule has 3 heterocycles. The Balaban J connectivity index is 1.16. The summed E-state index contributed by atoms with van der Waals surface area (Å²) in [5, 5.41) is 9.74. The van der Waals surface area contributed by atoms with Gasteiger partial charge < -0.3 is 5.32 Å². The van der Waals surface area contributed by atoms with E-state index in [4.69, 9.17) is 9.98 Å². The number of fused-ring (bicyclic) bond motifs is 7. The first-order valence-corrected chi connectivity index (χ1v) is 17.0. The number of aromatic nitrogens is 2. The van der Waals surface area contributed by atoms with E-state index >= 15 is 0 Å².